The minimum absolute atomic E-state index is 0.522. The Balaban J connectivity index is 1.92. The molecule has 18 heavy (non-hydrogen) atoms. The van der Waals surface area contributed by atoms with Gasteiger partial charge in [-0.05, 0) is 54.9 Å². The molecule has 0 atom stereocenters. The van der Waals surface area contributed by atoms with Gasteiger partial charge in [0.2, 0.25) is 0 Å². The first-order valence-corrected chi connectivity index (χ1v) is 6.84. The lowest BCUT2D eigenvalue weighted by molar-refractivity contribution is 0.597. The van der Waals surface area contributed by atoms with E-state index in [4.69, 9.17) is 5.73 Å². The smallest absolute Gasteiger partial charge is 0.193 e. The van der Waals surface area contributed by atoms with Crippen molar-refractivity contribution in [3.63, 3.8) is 0 Å². The molecule has 0 saturated heterocycles. The van der Waals surface area contributed by atoms with E-state index >= 15 is 0 Å². The Labute approximate surface area is 109 Å². The van der Waals surface area contributed by atoms with Crippen molar-refractivity contribution in [1.82, 2.24) is 0 Å². The highest BCUT2D eigenvalue weighted by Gasteiger charge is 2.10. The first-order chi connectivity index (χ1) is 8.65. The van der Waals surface area contributed by atoms with Gasteiger partial charge in [-0.1, -0.05) is 19.9 Å². The average Bonchev–Trinajstić information content (AvgIpc) is 2.75. The highest BCUT2D eigenvalue weighted by Crippen LogP contribution is 2.24. The Morgan fingerprint density at radius 2 is 2.11 bits per heavy atom. The fourth-order valence-electron chi connectivity index (χ4n) is 2.28. The molecule has 1 aliphatic carbocycles. The molecule has 3 heteroatoms. The van der Waals surface area contributed by atoms with Crippen LogP contribution in [-0.2, 0) is 12.8 Å². The van der Waals surface area contributed by atoms with Crippen molar-refractivity contribution < 1.29 is 0 Å². The summed E-state index contributed by atoms with van der Waals surface area (Å²) in [4.78, 5) is 4.34. The van der Waals surface area contributed by atoms with Gasteiger partial charge in [0.15, 0.2) is 5.96 Å². The number of nitrogens with zero attached hydrogens (tertiary/aromatic N) is 1. The third-order valence-electron chi connectivity index (χ3n) is 3.36. The van der Waals surface area contributed by atoms with Crippen LogP contribution in [0.5, 0.6) is 0 Å². The first kappa shape index (κ1) is 12.9. The molecule has 2 rings (SSSR count). The number of nitrogens with one attached hydrogen (secondary N) is 1. The molecular weight excluding hydrogens is 222 g/mol. The quantitative estimate of drug-likeness (QED) is 0.633. The largest absolute Gasteiger partial charge is 0.370 e. The second-order valence-electron chi connectivity index (χ2n) is 5.41. The Bertz CT molecular complexity index is 435. The van der Waals surface area contributed by atoms with Crippen molar-refractivity contribution in [2.75, 3.05) is 11.9 Å². The van der Waals surface area contributed by atoms with Crippen LogP contribution in [0.1, 0.15) is 37.8 Å². The fourth-order valence-corrected chi connectivity index (χ4v) is 2.28. The van der Waals surface area contributed by atoms with Gasteiger partial charge in [-0.3, -0.25) is 4.99 Å². The average molecular weight is 245 g/mol. The van der Waals surface area contributed by atoms with E-state index in [0.29, 0.717) is 11.9 Å². The van der Waals surface area contributed by atoms with Gasteiger partial charge in [-0.15, -0.1) is 0 Å². The summed E-state index contributed by atoms with van der Waals surface area (Å²) in [5.41, 5.74) is 9.87. The molecule has 1 aromatic rings. The summed E-state index contributed by atoms with van der Waals surface area (Å²) >= 11 is 0. The predicted molar refractivity (Wildman–Crippen MR) is 78.0 cm³/mol. The summed E-state index contributed by atoms with van der Waals surface area (Å²) in [6.45, 7) is 5.18. The van der Waals surface area contributed by atoms with Gasteiger partial charge < -0.3 is 11.1 Å². The number of hydrogen-bond acceptors (Lipinski definition) is 1. The maximum atomic E-state index is 5.88. The summed E-state index contributed by atoms with van der Waals surface area (Å²) in [5, 5.41) is 3.17. The predicted octanol–water partition coefficient (Wildman–Crippen LogP) is 2.95. The summed E-state index contributed by atoms with van der Waals surface area (Å²) < 4.78 is 0. The van der Waals surface area contributed by atoms with E-state index in [0.717, 1.165) is 18.7 Å². The lowest BCUT2D eigenvalue weighted by Gasteiger charge is -2.08. The zero-order chi connectivity index (χ0) is 13.0. The SMILES string of the molecule is CC(C)CCN=C(N)Nc1ccc2c(c1)CCC2. The molecule has 0 aliphatic heterocycles. The van der Waals surface area contributed by atoms with Crippen molar-refractivity contribution in [2.45, 2.75) is 39.5 Å². The standard InChI is InChI=1S/C15H23N3/c1-11(2)8-9-17-15(16)18-14-7-6-12-4-3-5-13(12)10-14/h6-7,10-11H,3-5,8-9H2,1-2H3,(H3,16,17,18). The van der Waals surface area contributed by atoms with Gasteiger partial charge in [0, 0.05) is 12.2 Å². The molecule has 3 nitrogen and oxygen atoms in total. The number of aliphatic imine (C=N–C) groups is 1. The molecule has 1 aliphatic rings. The number of hydrogen-bond donors (Lipinski definition) is 2. The van der Waals surface area contributed by atoms with Gasteiger partial charge in [0.1, 0.15) is 0 Å². The normalized spacial score (nSPS) is 14.9. The van der Waals surface area contributed by atoms with Gasteiger partial charge in [-0.2, -0.15) is 0 Å². The van der Waals surface area contributed by atoms with E-state index < -0.39 is 0 Å². The molecule has 3 N–H and O–H groups in total. The van der Waals surface area contributed by atoms with Crippen LogP contribution in [0.2, 0.25) is 0 Å². The van der Waals surface area contributed by atoms with Crippen molar-refractivity contribution in [3.05, 3.63) is 29.3 Å². The minimum atomic E-state index is 0.522. The van der Waals surface area contributed by atoms with Crippen LogP contribution in [0.25, 0.3) is 0 Å². The van der Waals surface area contributed by atoms with Crippen molar-refractivity contribution in [1.29, 1.82) is 0 Å². The van der Waals surface area contributed by atoms with Crippen LogP contribution in [-0.4, -0.2) is 12.5 Å². The molecule has 0 saturated carbocycles. The van der Waals surface area contributed by atoms with E-state index in [9.17, 15) is 0 Å². The maximum absolute atomic E-state index is 5.88. The van der Waals surface area contributed by atoms with Crippen molar-refractivity contribution >= 4 is 11.6 Å². The lowest BCUT2D eigenvalue weighted by Crippen LogP contribution is -2.23. The molecule has 0 heterocycles. The molecule has 1 aromatic carbocycles. The minimum Gasteiger partial charge on any atom is -0.370 e. The Hall–Kier alpha value is -1.51. The zero-order valence-electron chi connectivity index (χ0n) is 11.4. The van der Waals surface area contributed by atoms with Crippen LogP contribution in [0.15, 0.2) is 23.2 Å². The highest BCUT2D eigenvalue weighted by molar-refractivity contribution is 5.92. The van der Waals surface area contributed by atoms with E-state index in [1.54, 1.807) is 0 Å². The molecule has 0 bridgehead atoms. The van der Waals surface area contributed by atoms with Crippen LogP contribution in [0.3, 0.4) is 0 Å². The number of fused-ring (bicyclic) bond motifs is 1. The third kappa shape index (κ3) is 3.49. The van der Waals surface area contributed by atoms with Crippen LogP contribution >= 0.6 is 0 Å². The van der Waals surface area contributed by atoms with E-state index in [2.05, 4.69) is 42.4 Å². The van der Waals surface area contributed by atoms with Crippen molar-refractivity contribution in [3.8, 4) is 0 Å². The first-order valence-electron chi connectivity index (χ1n) is 6.84. The molecule has 0 unspecified atom stereocenters. The molecule has 98 valence electrons. The third-order valence-corrected chi connectivity index (χ3v) is 3.36. The number of benzene rings is 1. The van der Waals surface area contributed by atoms with Crippen LogP contribution in [0.4, 0.5) is 5.69 Å². The molecule has 0 aromatic heterocycles. The molecule has 0 amide bonds. The molecular formula is C15H23N3. The number of anilines is 1. The van der Waals surface area contributed by atoms with E-state index in [-0.39, 0.29) is 0 Å². The number of rotatable bonds is 4. The number of nitrogens with two attached hydrogens (primary N) is 1. The topological polar surface area (TPSA) is 50.4 Å². The van der Waals surface area contributed by atoms with E-state index in [1.807, 2.05) is 0 Å². The molecule has 0 fully saturated rings. The van der Waals surface area contributed by atoms with Gasteiger partial charge in [-0.25, -0.2) is 0 Å². The van der Waals surface area contributed by atoms with Crippen LogP contribution in [0, 0.1) is 5.92 Å². The van der Waals surface area contributed by atoms with Crippen LogP contribution < -0.4 is 11.1 Å². The van der Waals surface area contributed by atoms with Crippen molar-refractivity contribution in [2.24, 2.45) is 16.6 Å². The lowest BCUT2D eigenvalue weighted by atomic mass is 10.1. The summed E-state index contributed by atoms with van der Waals surface area (Å²) in [6, 6.07) is 6.49. The Morgan fingerprint density at radius 1 is 1.33 bits per heavy atom. The number of guanidine groups is 1. The summed E-state index contributed by atoms with van der Waals surface area (Å²) in [5.74, 6) is 1.19. The maximum Gasteiger partial charge on any atom is 0.193 e. The number of aryl methyl sites for hydroxylation is 2. The second kappa shape index (κ2) is 5.89. The summed E-state index contributed by atoms with van der Waals surface area (Å²) in [6.07, 6.45) is 4.76. The highest BCUT2D eigenvalue weighted by atomic mass is 15.1. The van der Waals surface area contributed by atoms with E-state index in [1.165, 1.54) is 30.4 Å². The Morgan fingerprint density at radius 3 is 2.89 bits per heavy atom. The Kier molecular flexibility index (Phi) is 4.24. The zero-order valence-corrected chi connectivity index (χ0v) is 11.4. The van der Waals surface area contributed by atoms with Gasteiger partial charge in [0.05, 0.1) is 0 Å². The second-order valence-corrected chi connectivity index (χ2v) is 5.41. The molecule has 0 spiro atoms. The molecule has 0 radical (unpaired) electrons. The van der Waals surface area contributed by atoms with Gasteiger partial charge in [0.25, 0.3) is 0 Å². The summed E-state index contributed by atoms with van der Waals surface area (Å²) in [7, 11) is 0. The van der Waals surface area contributed by atoms with Gasteiger partial charge >= 0.3 is 0 Å². The monoisotopic (exact) mass is 245 g/mol. The fraction of sp³-hybridized carbons (Fsp3) is 0.533.